The highest BCUT2D eigenvalue weighted by molar-refractivity contribution is 14.1. The smallest absolute Gasteiger partial charge is 0.307 e. The molecular weight excluding hydrogens is 931 g/mol. The van der Waals surface area contributed by atoms with Gasteiger partial charge in [0.05, 0.1) is 32.2 Å². The molecule has 2 aromatic rings. The number of carbonyl (C=O) groups is 7. The Labute approximate surface area is 392 Å². The molecule has 0 unspecified atom stereocenters. The molecule has 16 heteroatoms. The number of terminal acetylenes is 1. The van der Waals surface area contributed by atoms with Gasteiger partial charge in [0.15, 0.2) is 11.4 Å². The molecule has 350 valence electrons. The minimum Gasteiger partial charge on any atom is -0.450 e. The first-order chi connectivity index (χ1) is 30.5. The Balaban J connectivity index is 1.84. The van der Waals surface area contributed by atoms with Crippen LogP contribution in [0, 0.1) is 24.2 Å². The highest BCUT2D eigenvalue weighted by atomic mass is 127. The van der Waals surface area contributed by atoms with E-state index in [1.165, 1.54) is 6.92 Å². The molecule has 15 nitrogen and oxygen atoms in total. The maximum atomic E-state index is 14.4. The number of halogens is 1. The molecule has 0 aliphatic carbocycles. The summed E-state index contributed by atoms with van der Waals surface area (Å²) in [5.41, 5.74) is 0.0682. The molecule has 1 aliphatic heterocycles. The number of morpholine rings is 1. The van der Waals surface area contributed by atoms with E-state index in [4.69, 9.17) is 15.9 Å². The number of amides is 5. The Morgan fingerprint density at radius 1 is 0.750 bits per heavy atom. The van der Waals surface area contributed by atoms with Gasteiger partial charge in [0.1, 0.15) is 18.1 Å². The molecule has 1 saturated heterocycles. The second-order valence-corrected chi connectivity index (χ2v) is 17.9. The first-order valence-corrected chi connectivity index (χ1v) is 23.7. The molecule has 0 radical (unpaired) electrons. The molecule has 5 N–H and O–H groups in total. The number of ketones is 1. The SMILES string of the molecule is C#CCCNC(=O)CCC(=O)O[C@](C)(CI)C(=O)[C@H](CC(C)C)NC(=O)[C@H](Cc1ccccc1)NC(=O)[C@H](CC(C)C)NC(=O)[C@H](CCc1ccccc1)NC(=O)CN1CCOCC1. The zero-order valence-electron chi connectivity index (χ0n) is 37.9. The fourth-order valence-corrected chi connectivity index (χ4v) is 7.63. The van der Waals surface area contributed by atoms with Crippen LogP contribution in [-0.2, 0) is 55.9 Å². The van der Waals surface area contributed by atoms with Gasteiger partial charge in [0.2, 0.25) is 29.5 Å². The highest BCUT2D eigenvalue weighted by Crippen LogP contribution is 2.22. The van der Waals surface area contributed by atoms with Crippen LogP contribution in [0.4, 0.5) is 0 Å². The zero-order chi connectivity index (χ0) is 47.1. The minimum absolute atomic E-state index is 0.0549. The van der Waals surface area contributed by atoms with Crippen LogP contribution in [-0.4, -0.2) is 120 Å². The number of esters is 1. The lowest BCUT2D eigenvalue weighted by Crippen LogP contribution is -2.60. The lowest BCUT2D eigenvalue weighted by Gasteiger charge is -2.32. The zero-order valence-corrected chi connectivity index (χ0v) is 40.1. The average Bonchev–Trinajstić information content (AvgIpc) is 3.26. The molecule has 0 bridgehead atoms. The number of hydrogen-bond acceptors (Lipinski definition) is 10. The molecule has 5 atom stereocenters. The Morgan fingerprint density at radius 3 is 1.89 bits per heavy atom. The molecule has 0 aromatic heterocycles. The molecule has 1 fully saturated rings. The van der Waals surface area contributed by atoms with Crippen molar-refractivity contribution in [3.63, 3.8) is 0 Å². The predicted molar refractivity (Wildman–Crippen MR) is 253 cm³/mol. The quantitative estimate of drug-likeness (QED) is 0.0291. The number of nitrogens with zero attached hydrogens (tertiary/aromatic N) is 1. The Kier molecular flexibility index (Phi) is 23.5. The molecular formula is C48H67IN6O9. The third-order valence-corrected chi connectivity index (χ3v) is 12.0. The lowest BCUT2D eigenvalue weighted by atomic mass is 9.90. The topological polar surface area (TPSA) is 201 Å². The number of nitrogens with one attached hydrogen (secondary N) is 5. The molecule has 1 aliphatic rings. The van der Waals surface area contributed by atoms with Gasteiger partial charge in [-0.1, -0.05) is 111 Å². The summed E-state index contributed by atoms with van der Waals surface area (Å²) in [5.74, 6) is -1.48. The van der Waals surface area contributed by atoms with Gasteiger partial charge in [-0.3, -0.25) is 38.5 Å². The molecule has 1 heterocycles. The molecule has 0 spiro atoms. The Bertz CT molecular complexity index is 1870. The van der Waals surface area contributed by atoms with Gasteiger partial charge in [0, 0.05) is 43.3 Å². The van der Waals surface area contributed by atoms with Gasteiger partial charge in [-0.15, -0.1) is 12.3 Å². The number of rotatable bonds is 27. The second kappa shape index (κ2) is 28.1. The van der Waals surface area contributed by atoms with E-state index >= 15 is 0 Å². The molecule has 5 amide bonds. The van der Waals surface area contributed by atoms with E-state index < -0.39 is 59.2 Å². The standard InChI is InChI=1S/C48H67IN6O9/c1-7-8-23-50-41(56)21-22-43(58)64-48(6,32-49)44(59)38(28-33(2)3)52-47(62)40(30-36-17-13-10-14-18-36)54-46(61)39(29-34(4)5)53-45(60)37(20-19-35-15-11-9-12-16-35)51-42(57)31-55-24-26-63-27-25-55/h1,9-18,33-34,37-40H,8,19-32H2,2-6H3,(H,50,56)(H,51,57)(H,52,62)(H,53,60)(H,54,61)/t37-,38-,39-,40-,48+/m0/s1. The van der Waals surface area contributed by atoms with Crippen LogP contribution in [0.15, 0.2) is 60.7 Å². The predicted octanol–water partition coefficient (Wildman–Crippen LogP) is 3.45. The summed E-state index contributed by atoms with van der Waals surface area (Å²) in [6.07, 6.45) is 6.41. The van der Waals surface area contributed by atoms with Gasteiger partial charge in [-0.05, 0) is 55.6 Å². The summed E-state index contributed by atoms with van der Waals surface area (Å²) < 4.78 is 11.2. The van der Waals surface area contributed by atoms with Crippen LogP contribution in [0.3, 0.4) is 0 Å². The molecule has 2 aromatic carbocycles. The number of hydrogen-bond donors (Lipinski definition) is 5. The summed E-state index contributed by atoms with van der Waals surface area (Å²) in [5, 5.41) is 14.2. The van der Waals surface area contributed by atoms with Crippen LogP contribution < -0.4 is 26.6 Å². The van der Waals surface area contributed by atoms with Crippen molar-refractivity contribution in [2.45, 2.75) is 116 Å². The van der Waals surface area contributed by atoms with E-state index in [0.29, 0.717) is 39.1 Å². The van der Waals surface area contributed by atoms with Crippen LogP contribution in [0.2, 0.25) is 0 Å². The fourth-order valence-electron chi connectivity index (χ4n) is 7.10. The van der Waals surface area contributed by atoms with Gasteiger partial charge < -0.3 is 36.1 Å². The van der Waals surface area contributed by atoms with E-state index in [1.54, 1.807) is 0 Å². The van der Waals surface area contributed by atoms with Crippen molar-refractivity contribution in [2.75, 3.05) is 43.8 Å². The van der Waals surface area contributed by atoms with Gasteiger partial charge in [0.25, 0.3) is 0 Å². The Morgan fingerprint density at radius 2 is 1.30 bits per heavy atom. The number of carbonyl (C=O) groups excluding carboxylic acids is 7. The normalized spacial score (nSPS) is 15.6. The van der Waals surface area contributed by atoms with Crippen LogP contribution >= 0.6 is 22.6 Å². The van der Waals surface area contributed by atoms with Crippen LogP contribution in [0.1, 0.15) is 84.3 Å². The third-order valence-electron chi connectivity index (χ3n) is 10.5. The van der Waals surface area contributed by atoms with Crippen molar-refractivity contribution in [3.8, 4) is 12.3 Å². The van der Waals surface area contributed by atoms with E-state index in [-0.39, 0.29) is 79.7 Å². The van der Waals surface area contributed by atoms with Crippen molar-refractivity contribution < 1.29 is 43.0 Å². The molecule has 64 heavy (non-hydrogen) atoms. The number of Topliss-reactive ketones (excluding diaryl/α,β-unsaturated/α-hetero) is 1. The van der Waals surface area contributed by atoms with E-state index in [2.05, 4.69) is 32.5 Å². The summed E-state index contributed by atoms with van der Waals surface area (Å²) in [7, 11) is 0. The van der Waals surface area contributed by atoms with Gasteiger partial charge >= 0.3 is 5.97 Å². The Hall–Kier alpha value is -4.86. The van der Waals surface area contributed by atoms with E-state index in [0.717, 1.165) is 11.1 Å². The summed E-state index contributed by atoms with van der Waals surface area (Å²) >= 11 is 1.95. The van der Waals surface area contributed by atoms with Crippen molar-refractivity contribution in [3.05, 3.63) is 71.8 Å². The van der Waals surface area contributed by atoms with Crippen molar-refractivity contribution in [2.24, 2.45) is 11.8 Å². The average molecular weight is 999 g/mol. The summed E-state index contributed by atoms with van der Waals surface area (Å²) in [6, 6.07) is 14.3. The second-order valence-electron chi connectivity index (χ2n) is 17.2. The van der Waals surface area contributed by atoms with Crippen molar-refractivity contribution >= 4 is 63.9 Å². The third kappa shape index (κ3) is 19.5. The minimum atomic E-state index is -1.65. The van der Waals surface area contributed by atoms with Crippen LogP contribution in [0.5, 0.6) is 0 Å². The largest absolute Gasteiger partial charge is 0.450 e. The van der Waals surface area contributed by atoms with Gasteiger partial charge in [-0.2, -0.15) is 0 Å². The fraction of sp³-hybridized carbons (Fsp3) is 0.562. The maximum Gasteiger partial charge on any atom is 0.307 e. The summed E-state index contributed by atoms with van der Waals surface area (Å²) in [6.45, 7) is 11.7. The maximum absolute atomic E-state index is 14.4. The van der Waals surface area contributed by atoms with E-state index in [1.807, 2.05) is 116 Å². The summed E-state index contributed by atoms with van der Waals surface area (Å²) in [4.78, 5) is 97.6. The first-order valence-electron chi connectivity index (χ1n) is 22.1. The van der Waals surface area contributed by atoms with Crippen molar-refractivity contribution in [1.82, 2.24) is 31.5 Å². The lowest BCUT2D eigenvalue weighted by molar-refractivity contribution is -0.164. The van der Waals surface area contributed by atoms with E-state index in [9.17, 15) is 33.6 Å². The highest BCUT2D eigenvalue weighted by Gasteiger charge is 2.42. The molecule has 3 rings (SSSR count). The van der Waals surface area contributed by atoms with Crippen molar-refractivity contribution in [1.29, 1.82) is 0 Å². The number of alkyl halides is 1. The number of aryl methyl sites for hydroxylation is 1. The van der Waals surface area contributed by atoms with Gasteiger partial charge in [-0.25, -0.2) is 0 Å². The number of ether oxygens (including phenoxy) is 2. The first kappa shape index (κ1) is 53.5. The molecule has 0 saturated carbocycles. The van der Waals surface area contributed by atoms with Crippen LogP contribution in [0.25, 0.3) is 0 Å². The monoisotopic (exact) mass is 998 g/mol. The number of benzene rings is 2.